The lowest BCUT2D eigenvalue weighted by molar-refractivity contribution is -0.316. The zero-order chi connectivity index (χ0) is 19.6. The normalized spacial score (nSPS) is 43.5. The van der Waals surface area contributed by atoms with Crippen molar-refractivity contribution in [1.29, 1.82) is 0 Å². The van der Waals surface area contributed by atoms with Gasteiger partial charge in [-0.15, -0.1) is 0 Å². The number of aliphatic hydroxyl groups excluding tert-OH is 4. The van der Waals surface area contributed by atoms with Crippen molar-refractivity contribution in [2.45, 2.75) is 77.3 Å². The van der Waals surface area contributed by atoms with E-state index in [1.165, 1.54) is 6.92 Å². The summed E-state index contributed by atoms with van der Waals surface area (Å²) in [5.41, 5.74) is -0.123. The van der Waals surface area contributed by atoms with E-state index in [0.29, 0.717) is 12.8 Å². The second-order valence-corrected chi connectivity index (χ2v) is 8.36. The molecule has 2 rings (SSSR count). The van der Waals surface area contributed by atoms with Crippen LogP contribution in [0.15, 0.2) is 12.2 Å². The molecule has 2 fully saturated rings. The summed E-state index contributed by atoms with van der Waals surface area (Å²) in [6.45, 7) is 7.37. The van der Waals surface area contributed by atoms with Crippen LogP contribution in [-0.2, 0) is 14.3 Å². The van der Waals surface area contributed by atoms with Crippen molar-refractivity contribution in [2.75, 3.05) is 6.61 Å². The first-order valence-electron chi connectivity index (χ1n) is 9.21. The Labute approximate surface area is 154 Å². The predicted octanol–water partition coefficient (Wildman–Crippen LogP) is 0.389. The van der Waals surface area contributed by atoms with Gasteiger partial charge in [0.05, 0.1) is 12.7 Å². The highest BCUT2D eigenvalue weighted by atomic mass is 16.7. The van der Waals surface area contributed by atoms with Gasteiger partial charge in [-0.25, -0.2) is 0 Å². The van der Waals surface area contributed by atoms with E-state index in [2.05, 4.69) is 20.8 Å². The summed E-state index contributed by atoms with van der Waals surface area (Å²) in [5.74, 6) is 0.498. The number of carbonyl (C=O) groups excluding carboxylic acids is 1. The van der Waals surface area contributed by atoms with Gasteiger partial charge in [0.25, 0.3) is 0 Å². The molecular weight excluding hydrogens is 340 g/mol. The van der Waals surface area contributed by atoms with Gasteiger partial charge in [0.2, 0.25) is 0 Å². The van der Waals surface area contributed by atoms with Crippen LogP contribution in [0.3, 0.4) is 0 Å². The highest BCUT2D eigenvalue weighted by molar-refractivity contribution is 5.87. The van der Waals surface area contributed by atoms with E-state index in [4.69, 9.17) is 9.47 Å². The molecule has 26 heavy (non-hydrogen) atoms. The summed E-state index contributed by atoms with van der Waals surface area (Å²) in [6.07, 6.45) is -1.51. The van der Waals surface area contributed by atoms with Crippen molar-refractivity contribution in [2.24, 2.45) is 17.3 Å². The molecule has 0 aromatic heterocycles. The molecule has 1 saturated heterocycles. The first kappa shape index (κ1) is 21.5. The highest BCUT2D eigenvalue weighted by Crippen LogP contribution is 2.46. The van der Waals surface area contributed by atoms with Crippen LogP contribution in [0.2, 0.25) is 0 Å². The molecule has 0 aromatic rings. The molecule has 7 nitrogen and oxygen atoms in total. The van der Waals surface area contributed by atoms with Gasteiger partial charge in [0.15, 0.2) is 12.1 Å². The van der Waals surface area contributed by atoms with E-state index >= 15 is 0 Å². The van der Waals surface area contributed by atoms with E-state index in [1.807, 2.05) is 6.08 Å². The molecule has 1 aliphatic carbocycles. The number of hydrogen-bond acceptors (Lipinski definition) is 7. The fourth-order valence-electron chi connectivity index (χ4n) is 4.30. The van der Waals surface area contributed by atoms with Gasteiger partial charge in [-0.2, -0.15) is 0 Å². The predicted molar refractivity (Wildman–Crippen MR) is 94.1 cm³/mol. The van der Waals surface area contributed by atoms with Crippen LogP contribution in [0.1, 0.15) is 40.5 Å². The zero-order valence-corrected chi connectivity index (χ0v) is 15.9. The maximum Gasteiger partial charge on any atom is 0.186 e. The Hall–Kier alpha value is -0.830. The maximum atomic E-state index is 11.3. The van der Waals surface area contributed by atoms with Crippen LogP contribution < -0.4 is 0 Å². The van der Waals surface area contributed by atoms with Gasteiger partial charge in [0, 0.05) is 0 Å². The Morgan fingerprint density at radius 2 is 1.88 bits per heavy atom. The quantitative estimate of drug-likeness (QED) is 0.516. The number of ether oxygens (including phenoxy) is 2. The van der Waals surface area contributed by atoms with Crippen molar-refractivity contribution in [3.63, 3.8) is 0 Å². The minimum Gasteiger partial charge on any atom is -0.394 e. The number of aliphatic hydroxyl groups is 4. The molecule has 1 saturated carbocycles. The summed E-state index contributed by atoms with van der Waals surface area (Å²) in [7, 11) is 0. The van der Waals surface area contributed by atoms with Gasteiger partial charge in [-0.05, 0) is 43.1 Å². The lowest BCUT2D eigenvalue weighted by atomic mass is 9.63. The molecule has 2 aliphatic rings. The van der Waals surface area contributed by atoms with Crippen LogP contribution in [0.25, 0.3) is 0 Å². The Balaban J connectivity index is 2.06. The molecule has 1 heterocycles. The molecule has 1 aliphatic heterocycles. The third-order valence-corrected chi connectivity index (χ3v) is 5.62. The maximum absolute atomic E-state index is 11.3. The first-order valence-corrected chi connectivity index (χ1v) is 9.21. The number of carbonyl (C=O) groups is 1. The Bertz CT molecular complexity index is 516. The second-order valence-electron chi connectivity index (χ2n) is 8.36. The van der Waals surface area contributed by atoms with Crippen molar-refractivity contribution in [3.8, 4) is 0 Å². The topological polar surface area (TPSA) is 116 Å². The number of rotatable bonds is 5. The molecule has 4 N–H and O–H groups in total. The number of ketones is 1. The third-order valence-electron chi connectivity index (χ3n) is 5.62. The van der Waals surface area contributed by atoms with Crippen molar-refractivity contribution >= 4 is 5.78 Å². The Kier molecular flexibility index (Phi) is 6.98. The lowest BCUT2D eigenvalue weighted by Gasteiger charge is -2.47. The highest BCUT2D eigenvalue weighted by Gasteiger charge is 2.47. The molecule has 0 radical (unpaired) electrons. The van der Waals surface area contributed by atoms with Gasteiger partial charge < -0.3 is 29.9 Å². The second kappa shape index (κ2) is 8.46. The monoisotopic (exact) mass is 372 g/mol. The average Bonchev–Trinajstić information content (AvgIpc) is 2.53. The van der Waals surface area contributed by atoms with Crippen molar-refractivity contribution in [3.05, 3.63) is 12.2 Å². The van der Waals surface area contributed by atoms with E-state index in [9.17, 15) is 25.2 Å². The van der Waals surface area contributed by atoms with Crippen molar-refractivity contribution in [1.82, 2.24) is 0 Å². The minimum absolute atomic E-state index is 0.0210. The Morgan fingerprint density at radius 3 is 2.42 bits per heavy atom. The Morgan fingerprint density at radius 1 is 1.23 bits per heavy atom. The van der Waals surface area contributed by atoms with E-state index in [1.54, 1.807) is 6.08 Å². The average molecular weight is 372 g/mol. The third kappa shape index (κ3) is 4.71. The van der Waals surface area contributed by atoms with E-state index in [0.717, 1.165) is 0 Å². The molecule has 0 spiro atoms. The van der Waals surface area contributed by atoms with Gasteiger partial charge in [-0.1, -0.05) is 26.8 Å². The number of allylic oxidation sites excluding steroid dienone is 2. The van der Waals surface area contributed by atoms with Gasteiger partial charge in [-0.3, -0.25) is 4.79 Å². The summed E-state index contributed by atoms with van der Waals surface area (Å²) in [4.78, 5) is 11.3. The molecule has 7 heteroatoms. The summed E-state index contributed by atoms with van der Waals surface area (Å²) in [5, 5.41) is 39.2. The SMILES string of the molecule is CC(=O)/C=C/[C@H]1[C@@H](C)C[C@H](O[C@@H]2O[C@H](CO)[C@@H](O)[C@H](O)[C@H]2O)CC1(C)C. The zero-order valence-electron chi connectivity index (χ0n) is 15.9. The summed E-state index contributed by atoms with van der Waals surface area (Å²) < 4.78 is 11.4. The standard InChI is InChI=1S/C19H32O7/c1-10-7-12(8-19(3,4)13(10)6-5-11(2)21)25-18-17(24)16(23)15(22)14(9-20)26-18/h5-6,10,12-18,20,22-24H,7-9H2,1-4H3/b6-5+/t10-,12-,13-,14+,15+,16-,17+,18+/m0/s1. The molecule has 0 aromatic carbocycles. The molecule has 0 unspecified atom stereocenters. The summed E-state index contributed by atoms with van der Waals surface area (Å²) in [6, 6.07) is 0. The minimum atomic E-state index is -1.44. The fourth-order valence-corrected chi connectivity index (χ4v) is 4.30. The van der Waals surface area contributed by atoms with Crippen LogP contribution in [0.5, 0.6) is 0 Å². The fraction of sp³-hybridized carbons (Fsp3) is 0.842. The van der Waals surface area contributed by atoms with Crippen LogP contribution in [0.4, 0.5) is 0 Å². The first-order chi connectivity index (χ1) is 12.1. The van der Waals surface area contributed by atoms with Crippen LogP contribution >= 0.6 is 0 Å². The van der Waals surface area contributed by atoms with E-state index < -0.39 is 37.3 Å². The lowest BCUT2D eigenvalue weighted by Crippen LogP contribution is -2.60. The molecule has 8 atom stereocenters. The smallest absolute Gasteiger partial charge is 0.186 e. The van der Waals surface area contributed by atoms with Crippen molar-refractivity contribution < 1.29 is 34.7 Å². The van der Waals surface area contributed by atoms with Crippen LogP contribution in [-0.4, -0.2) is 69.6 Å². The molecule has 150 valence electrons. The van der Waals surface area contributed by atoms with E-state index in [-0.39, 0.29) is 29.1 Å². The summed E-state index contributed by atoms with van der Waals surface area (Å²) >= 11 is 0. The molecule has 0 amide bonds. The number of hydrogen-bond donors (Lipinski definition) is 4. The molecular formula is C19H32O7. The largest absolute Gasteiger partial charge is 0.394 e. The van der Waals surface area contributed by atoms with Gasteiger partial charge in [0.1, 0.15) is 24.4 Å². The van der Waals surface area contributed by atoms with Crippen LogP contribution in [0, 0.1) is 17.3 Å². The van der Waals surface area contributed by atoms with Gasteiger partial charge >= 0.3 is 0 Å². The molecule has 0 bridgehead atoms.